The molecule has 3 aromatic rings. The third-order valence-electron chi connectivity index (χ3n) is 4.83. The van der Waals surface area contributed by atoms with E-state index >= 15 is 0 Å². The summed E-state index contributed by atoms with van der Waals surface area (Å²) in [6.45, 7) is 4.78. The van der Waals surface area contributed by atoms with Gasteiger partial charge in [0.15, 0.2) is 11.6 Å². The SMILES string of the molecule is CC(=O)NCCNc1cc(NCCNC(=O)c2ccc(C(C)=O)cc2)nc(-c2ccccc2)n1. The summed E-state index contributed by atoms with van der Waals surface area (Å²) in [6, 6.07) is 17.9. The highest BCUT2D eigenvalue weighted by atomic mass is 16.2. The number of ketones is 1. The highest BCUT2D eigenvalue weighted by Crippen LogP contribution is 2.20. The largest absolute Gasteiger partial charge is 0.368 e. The molecule has 0 fully saturated rings. The number of hydrogen-bond donors (Lipinski definition) is 4. The van der Waals surface area contributed by atoms with Crippen LogP contribution in [0.15, 0.2) is 60.7 Å². The summed E-state index contributed by atoms with van der Waals surface area (Å²) >= 11 is 0. The first-order valence-electron chi connectivity index (χ1n) is 11.0. The van der Waals surface area contributed by atoms with Gasteiger partial charge < -0.3 is 21.3 Å². The van der Waals surface area contributed by atoms with Crippen LogP contribution in [0.5, 0.6) is 0 Å². The molecule has 2 aromatic carbocycles. The van der Waals surface area contributed by atoms with E-state index < -0.39 is 0 Å². The molecular weight excluding hydrogens is 432 g/mol. The summed E-state index contributed by atoms with van der Waals surface area (Å²) in [4.78, 5) is 43.9. The molecule has 0 aliphatic rings. The number of Topliss-reactive ketones (excluding diaryl/α,β-unsaturated/α-hetero) is 1. The summed E-state index contributed by atoms with van der Waals surface area (Å²) < 4.78 is 0. The Hall–Kier alpha value is -4.27. The van der Waals surface area contributed by atoms with Crippen molar-refractivity contribution in [2.24, 2.45) is 0 Å². The Kier molecular flexibility index (Phi) is 8.67. The number of aromatic nitrogens is 2. The van der Waals surface area contributed by atoms with Crippen LogP contribution >= 0.6 is 0 Å². The second kappa shape index (κ2) is 12.1. The first kappa shape index (κ1) is 24.4. The Morgan fingerprint density at radius 3 is 1.82 bits per heavy atom. The van der Waals surface area contributed by atoms with Crippen molar-refractivity contribution in [3.63, 3.8) is 0 Å². The third-order valence-corrected chi connectivity index (χ3v) is 4.83. The number of carbonyl (C=O) groups is 3. The number of amides is 2. The van der Waals surface area contributed by atoms with Crippen molar-refractivity contribution in [2.45, 2.75) is 13.8 Å². The molecule has 34 heavy (non-hydrogen) atoms. The van der Waals surface area contributed by atoms with Gasteiger partial charge in [-0.05, 0) is 19.1 Å². The fourth-order valence-electron chi connectivity index (χ4n) is 3.10. The van der Waals surface area contributed by atoms with Gasteiger partial charge in [-0.1, -0.05) is 42.5 Å². The van der Waals surface area contributed by atoms with E-state index in [1.165, 1.54) is 13.8 Å². The van der Waals surface area contributed by atoms with Crippen LogP contribution in [0.4, 0.5) is 11.6 Å². The van der Waals surface area contributed by atoms with E-state index in [2.05, 4.69) is 31.2 Å². The van der Waals surface area contributed by atoms with Crippen LogP contribution in [0, 0.1) is 0 Å². The Balaban J connectivity index is 1.59. The molecular formula is C25H28N6O3. The molecule has 3 rings (SSSR count). The van der Waals surface area contributed by atoms with Crippen molar-refractivity contribution in [1.29, 1.82) is 0 Å². The van der Waals surface area contributed by atoms with Gasteiger partial charge in [-0.3, -0.25) is 14.4 Å². The number of rotatable bonds is 11. The number of nitrogens with one attached hydrogen (secondary N) is 4. The molecule has 1 heterocycles. The van der Waals surface area contributed by atoms with Crippen LogP contribution < -0.4 is 21.3 Å². The van der Waals surface area contributed by atoms with Gasteiger partial charge in [0.05, 0.1) is 0 Å². The molecule has 0 saturated carbocycles. The maximum atomic E-state index is 12.3. The number of benzene rings is 2. The van der Waals surface area contributed by atoms with Gasteiger partial charge in [-0.15, -0.1) is 0 Å². The van der Waals surface area contributed by atoms with Crippen LogP contribution in [0.25, 0.3) is 11.4 Å². The van der Waals surface area contributed by atoms with E-state index in [0.29, 0.717) is 54.8 Å². The molecule has 0 saturated heterocycles. The monoisotopic (exact) mass is 460 g/mol. The van der Waals surface area contributed by atoms with E-state index in [1.807, 2.05) is 30.3 Å². The normalized spacial score (nSPS) is 10.3. The lowest BCUT2D eigenvalue weighted by atomic mass is 10.1. The molecule has 0 aliphatic heterocycles. The summed E-state index contributed by atoms with van der Waals surface area (Å²) in [5.74, 6) is 1.44. The Labute approximate surface area is 198 Å². The standard InChI is InChI=1S/C25H28N6O3/c1-17(32)19-8-10-21(11-9-19)25(34)29-15-14-28-23-16-22(27-13-12-26-18(2)33)30-24(31-23)20-6-4-3-5-7-20/h3-11,16H,12-15H2,1-2H3,(H,26,33)(H,29,34)(H2,27,28,30,31). The molecule has 176 valence electrons. The molecule has 1 aromatic heterocycles. The topological polar surface area (TPSA) is 125 Å². The second-order valence-electron chi connectivity index (χ2n) is 7.55. The zero-order valence-electron chi connectivity index (χ0n) is 19.2. The Morgan fingerprint density at radius 1 is 0.706 bits per heavy atom. The first-order valence-corrected chi connectivity index (χ1v) is 11.0. The van der Waals surface area contributed by atoms with Crippen molar-refractivity contribution in [3.05, 3.63) is 71.8 Å². The second-order valence-corrected chi connectivity index (χ2v) is 7.55. The minimum atomic E-state index is -0.218. The minimum absolute atomic E-state index is 0.0418. The molecule has 0 bridgehead atoms. The number of anilines is 2. The van der Waals surface area contributed by atoms with E-state index in [9.17, 15) is 14.4 Å². The molecule has 0 unspecified atom stereocenters. The average molecular weight is 461 g/mol. The Bertz CT molecular complexity index is 1130. The molecule has 0 spiro atoms. The van der Waals surface area contributed by atoms with Crippen molar-refractivity contribution < 1.29 is 14.4 Å². The lowest BCUT2D eigenvalue weighted by Gasteiger charge is -2.12. The number of nitrogens with zero attached hydrogens (tertiary/aromatic N) is 2. The zero-order valence-corrected chi connectivity index (χ0v) is 19.2. The summed E-state index contributed by atoms with van der Waals surface area (Å²) in [5, 5.41) is 12.0. The van der Waals surface area contributed by atoms with Crippen molar-refractivity contribution in [1.82, 2.24) is 20.6 Å². The van der Waals surface area contributed by atoms with Crippen molar-refractivity contribution in [3.8, 4) is 11.4 Å². The summed E-state index contributed by atoms with van der Waals surface area (Å²) in [7, 11) is 0. The predicted octanol–water partition coefficient (Wildman–Crippen LogP) is 2.74. The van der Waals surface area contributed by atoms with E-state index in [1.54, 1.807) is 30.3 Å². The van der Waals surface area contributed by atoms with Crippen LogP contribution in [-0.2, 0) is 4.79 Å². The predicted molar refractivity (Wildman–Crippen MR) is 132 cm³/mol. The van der Waals surface area contributed by atoms with E-state index in [4.69, 9.17) is 0 Å². The van der Waals surface area contributed by atoms with E-state index in [-0.39, 0.29) is 17.6 Å². The van der Waals surface area contributed by atoms with Crippen LogP contribution in [0.3, 0.4) is 0 Å². The van der Waals surface area contributed by atoms with Crippen molar-refractivity contribution in [2.75, 3.05) is 36.8 Å². The van der Waals surface area contributed by atoms with Crippen LogP contribution in [0.1, 0.15) is 34.6 Å². The van der Waals surface area contributed by atoms with Crippen LogP contribution in [-0.4, -0.2) is 53.7 Å². The van der Waals surface area contributed by atoms with Gasteiger partial charge in [-0.2, -0.15) is 0 Å². The third kappa shape index (κ3) is 7.40. The van der Waals surface area contributed by atoms with Crippen molar-refractivity contribution >= 4 is 29.2 Å². The van der Waals surface area contributed by atoms with Gasteiger partial charge >= 0.3 is 0 Å². The minimum Gasteiger partial charge on any atom is -0.368 e. The highest BCUT2D eigenvalue weighted by molar-refractivity contribution is 5.97. The van der Waals surface area contributed by atoms with Gasteiger partial charge in [0.25, 0.3) is 5.91 Å². The van der Waals surface area contributed by atoms with Gasteiger partial charge in [0.2, 0.25) is 5.91 Å². The fraction of sp³-hybridized carbons (Fsp3) is 0.240. The number of hydrogen-bond acceptors (Lipinski definition) is 7. The molecule has 4 N–H and O–H groups in total. The van der Waals surface area contributed by atoms with E-state index in [0.717, 1.165) is 5.56 Å². The van der Waals surface area contributed by atoms with Gasteiger partial charge in [0.1, 0.15) is 11.6 Å². The summed E-state index contributed by atoms with van der Waals surface area (Å²) in [5.41, 5.74) is 1.93. The molecule has 0 radical (unpaired) electrons. The average Bonchev–Trinajstić information content (AvgIpc) is 2.85. The maximum Gasteiger partial charge on any atom is 0.251 e. The lowest BCUT2D eigenvalue weighted by molar-refractivity contribution is -0.118. The highest BCUT2D eigenvalue weighted by Gasteiger charge is 2.09. The first-order chi connectivity index (χ1) is 16.4. The molecule has 0 atom stereocenters. The smallest absolute Gasteiger partial charge is 0.251 e. The van der Waals surface area contributed by atoms with Crippen LogP contribution in [0.2, 0.25) is 0 Å². The fourth-order valence-corrected chi connectivity index (χ4v) is 3.10. The van der Waals surface area contributed by atoms with Gasteiger partial charge in [-0.25, -0.2) is 9.97 Å². The molecule has 9 nitrogen and oxygen atoms in total. The number of carbonyl (C=O) groups excluding carboxylic acids is 3. The Morgan fingerprint density at radius 2 is 1.26 bits per heavy atom. The molecule has 2 amide bonds. The quantitative estimate of drug-likeness (QED) is 0.256. The lowest BCUT2D eigenvalue weighted by Crippen LogP contribution is -2.29. The molecule has 9 heteroatoms. The summed E-state index contributed by atoms with van der Waals surface area (Å²) in [6.07, 6.45) is 0. The zero-order chi connectivity index (χ0) is 24.3. The maximum absolute atomic E-state index is 12.3. The molecule has 0 aliphatic carbocycles. The van der Waals surface area contributed by atoms with Gasteiger partial charge in [0, 0.05) is 55.9 Å².